The van der Waals surface area contributed by atoms with E-state index < -0.39 is 0 Å². The zero-order chi connectivity index (χ0) is 13.7. The largest absolute Gasteiger partial charge is 0.493 e. The number of benzene rings is 1. The van der Waals surface area contributed by atoms with E-state index in [1.165, 1.54) is 4.88 Å². The third-order valence-electron chi connectivity index (χ3n) is 2.78. The monoisotopic (exact) mass is 276 g/mol. The van der Waals surface area contributed by atoms with Crippen molar-refractivity contribution in [1.29, 1.82) is 0 Å². The average Bonchev–Trinajstić information content (AvgIpc) is 2.93. The number of hydrogen-bond donors (Lipinski definition) is 2. The van der Waals surface area contributed by atoms with Gasteiger partial charge in [-0.05, 0) is 30.0 Å². The summed E-state index contributed by atoms with van der Waals surface area (Å²) in [5.74, 6) is 0.851. The van der Waals surface area contributed by atoms with Crippen LogP contribution in [0.5, 0.6) is 5.75 Å². The number of ether oxygens (including phenoxy) is 1. The molecule has 0 aliphatic rings. The Morgan fingerprint density at radius 3 is 2.95 bits per heavy atom. The highest BCUT2D eigenvalue weighted by Crippen LogP contribution is 2.20. The number of thiophene rings is 1. The fourth-order valence-electron chi connectivity index (χ4n) is 1.69. The maximum atomic E-state index is 8.67. The number of aryl methyl sites for hydroxylation is 1. The quantitative estimate of drug-likeness (QED) is 0.382. The molecule has 1 aromatic carbocycles. The normalized spacial score (nSPS) is 11.5. The van der Waals surface area contributed by atoms with E-state index in [9.17, 15) is 0 Å². The van der Waals surface area contributed by atoms with Gasteiger partial charge >= 0.3 is 0 Å². The van der Waals surface area contributed by atoms with Gasteiger partial charge in [-0.15, -0.1) is 11.3 Å². The lowest BCUT2D eigenvalue weighted by molar-refractivity contribution is 0.317. The number of hydrogen-bond acceptors (Lipinski definition) is 4. The van der Waals surface area contributed by atoms with Crippen molar-refractivity contribution in [3.8, 4) is 5.75 Å². The molecule has 0 saturated heterocycles. The van der Waals surface area contributed by atoms with Gasteiger partial charge in [-0.2, -0.15) is 0 Å². The highest BCUT2D eigenvalue weighted by molar-refractivity contribution is 7.09. The molecule has 1 heterocycles. The smallest absolute Gasteiger partial charge is 0.170 e. The van der Waals surface area contributed by atoms with Crippen molar-refractivity contribution in [2.24, 2.45) is 10.9 Å². The van der Waals surface area contributed by atoms with Gasteiger partial charge in [-0.25, -0.2) is 0 Å². The first kappa shape index (κ1) is 13.4. The number of rotatable bonds is 5. The summed E-state index contributed by atoms with van der Waals surface area (Å²) < 4.78 is 5.76. The molecule has 0 amide bonds. The van der Waals surface area contributed by atoms with Gasteiger partial charge in [0.1, 0.15) is 5.75 Å². The van der Waals surface area contributed by atoms with E-state index in [-0.39, 0.29) is 5.84 Å². The van der Waals surface area contributed by atoms with Gasteiger partial charge in [0.05, 0.1) is 6.61 Å². The summed E-state index contributed by atoms with van der Waals surface area (Å²) in [6.07, 6.45) is 0.880. The van der Waals surface area contributed by atoms with Gasteiger partial charge < -0.3 is 15.7 Å². The molecule has 0 aliphatic heterocycles. The van der Waals surface area contributed by atoms with Gasteiger partial charge in [0, 0.05) is 16.9 Å². The summed E-state index contributed by atoms with van der Waals surface area (Å²) >= 11 is 1.72. The molecule has 2 rings (SSSR count). The van der Waals surface area contributed by atoms with Crippen LogP contribution in [0.15, 0.2) is 40.9 Å². The van der Waals surface area contributed by atoms with E-state index in [2.05, 4.69) is 16.6 Å². The maximum Gasteiger partial charge on any atom is 0.170 e. The number of nitrogens with two attached hydrogens (primary N) is 1. The van der Waals surface area contributed by atoms with Crippen LogP contribution in [0.4, 0.5) is 0 Å². The van der Waals surface area contributed by atoms with E-state index >= 15 is 0 Å². The number of nitrogens with zero attached hydrogens (tertiary/aromatic N) is 1. The summed E-state index contributed by atoms with van der Waals surface area (Å²) in [6.45, 7) is 2.58. The molecular formula is C14H16N2O2S. The molecule has 0 radical (unpaired) electrons. The molecule has 0 aliphatic carbocycles. The van der Waals surface area contributed by atoms with Crippen LogP contribution >= 0.6 is 11.3 Å². The fourth-order valence-corrected chi connectivity index (χ4v) is 2.38. The van der Waals surface area contributed by atoms with Crippen LogP contribution in [-0.4, -0.2) is 17.6 Å². The molecule has 5 heteroatoms. The van der Waals surface area contributed by atoms with Crippen molar-refractivity contribution >= 4 is 17.2 Å². The second-order valence-electron chi connectivity index (χ2n) is 4.14. The molecule has 0 unspecified atom stereocenters. The third-order valence-corrected chi connectivity index (χ3v) is 3.71. The van der Waals surface area contributed by atoms with Crippen molar-refractivity contribution in [2.45, 2.75) is 13.3 Å². The molecule has 1 aromatic heterocycles. The maximum absolute atomic E-state index is 8.67. The van der Waals surface area contributed by atoms with Gasteiger partial charge in [0.25, 0.3) is 0 Å². The summed E-state index contributed by atoms with van der Waals surface area (Å²) in [6, 6.07) is 9.61. The Hall–Kier alpha value is -2.01. The Labute approximate surface area is 116 Å². The second kappa shape index (κ2) is 6.24. The molecule has 4 nitrogen and oxygen atoms in total. The zero-order valence-corrected chi connectivity index (χ0v) is 11.5. The Morgan fingerprint density at radius 1 is 1.42 bits per heavy atom. The minimum absolute atomic E-state index is 0.0862. The van der Waals surface area contributed by atoms with Gasteiger partial charge in [0.15, 0.2) is 5.84 Å². The predicted octanol–water partition coefficient (Wildman–Crippen LogP) is 2.77. The predicted molar refractivity (Wildman–Crippen MR) is 77.2 cm³/mol. The second-order valence-corrected chi connectivity index (χ2v) is 5.18. The molecule has 3 N–H and O–H groups in total. The molecule has 0 spiro atoms. The van der Waals surface area contributed by atoms with Crippen LogP contribution < -0.4 is 10.5 Å². The molecule has 19 heavy (non-hydrogen) atoms. The first-order chi connectivity index (χ1) is 9.20. The Morgan fingerprint density at radius 2 is 2.26 bits per heavy atom. The SMILES string of the molecule is Cc1ccc(/C(N)=N/O)cc1OCCc1cccs1. The van der Waals surface area contributed by atoms with Gasteiger partial charge in [0.2, 0.25) is 0 Å². The lowest BCUT2D eigenvalue weighted by Gasteiger charge is -2.10. The van der Waals surface area contributed by atoms with Crippen LogP contribution in [-0.2, 0) is 6.42 Å². The zero-order valence-electron chi connectivity index (χ0n) is 10.7. The van der Waals surface area contributed by atoms with Crippen molar-refractivity contribution < 1.29 is 9.94 Å². The minimum Gasteiger partial charge on any atom is -0.493 e. The molecule has 100 valence electrons. The van der Waals surface area contributed by atoms with Crippen LogP contribution in [0.2, 0.25) is 0 Å². The Bertz CT molecular complexity index is 565. The van der Waals surface area contributed by atoms with E-state index in [4.69, 9.17) is 15.7 Å². The highest BCUT2D eigenvalue weighted by Gasteiger charge is 2.05. The molecule has 0 saturated carbocycles. The van der Waals surface area contributed by atoms with Crippen molar-refractivity contribution in [1.82, 2.24) is 0 Å². The van der Waals surface area contributed by atoms with E-state index in [0.717, 1.165) is 17.7 Å². The number of amidine groups is 1. The fraction of sp³-hybridized carbons (Fsp3) is 0.214. The molecule has 0 atom stereocenters. The Balaban J connectivity index is 2.02. The summed E-state index contributed by atoms with van der Waals surface area (Å²) in [4.78, 5) is 1.30. The molecule has 0 fully saturated rings. The first-order valence-electron chi connectivity index (χ1n) is 5.94. The van der Waals surface area contributed by atoms with Crippen LogP contribution in [0, 0.1) is 6.92 Å². The van der Waals surface area contributed by atoms with Crippen LogP contribution in [0.25, 0.3) is 0 Å². The third kappa shape index (κ3) is 3.48. The van der Waals surface area contributed by atoms with Crippen LogP contribution in [0.1, 0.15) is 16.0 Å². The van der Waals surface area contributed by atoms with Crippen molar-refractivity contribution in [3.05, 3.63) is 51.7 Å². The Kier molecular flexibility index (Phi) is 4.41. The highest BCUT2D eigenvalue weighted by atomic mass is 32.1. The summed E-state index contributed by atoms with van der Waals surface area (Å²) in [5.41, 5.74) is 7.25. The summed E-state index contributed by atoms with van der Waals surface area (Å²) in [7, 11) is 0. The van der Waals surface area contributed by atoms with Crippen molar-refractivity contribution in [2.75, 3.05) is 6.61 Å². The van der Waals surface area contributed by atoms with E-state index in [1.54, 1.807) is 23.5 Å². The lowest BCUT2D eigenvalue weighted by atomic mass is 10.1. The van der Waals surface area contributed by atoms with Crippen LogP contribution in [0.3, 0.4) is 0 Å². The van der Waals surface area contributed by atoms with E-state index in [0.29, 0.717) is 12.2 Å². The first-order valence-corrected chi connectivity index (χ1v) is 6.82. The molecule has 2 aromatic rings. The van der Waals surface area contributed by atoms with E-state index in [1.807, 2.05) is 19.1 Å². The lowest BCUT2D eigenvalue weighted by Crippen LogP contribution is -2.13. The minimum atomic E-state index is 0.0862. The average molecular weight is 276 g/mol. The topological polar surface area (TPSA) is 67.8 Å². The van der Waals surface area contributed by atoms with Gasteiger partial charge in [-0.3, -0.25) is 0 Å². The summed E-state index contributed by atoms with van der Waals surface area (Å²) in [5, 5.41) is 13.7. The standard InChI is InChI=1S/C14H16N2O2S/c1-10-4-5-11(14(15)16-17)9-13(10)18-7-6-12-3-2-8-19-12/h2-5,8-9,17H,6-7H2,1H3,(H2,15,16). The number of oxime groups is 1. The van der Waals surface area contributed by atoms with Gasteiger partial charge in [-0.1, -0.05) is 23.4 Å². The van der Waals surface area contributed by atoms with Crippen molar-refractivity contribution in [3.63, 3.8) is 0 Å². The molecule has 0 bridgehead atoms. The molecular weight excluding hydrogens is 260 g/mol.